The molecule has 2 atom stereocenters. The van der Waals surface area contributed by atoms with Crippen LogP contribution in [0.25, 0.3) is 0 Å². The molecule has 0 spiro atoms. The Bertz CT molecular complexity index is 93.6. The standard InChI is InChI=1S/C7H15NO2/c1-3-7(10)5-8-4-6(2)9/h3,6-10H,1,4-5H2,2H3. The summed E-state index contributed by atoms with van der Waals surface area (Å²) in [5.74, 6) is 0. The van der Waals surface area contributed by atoms with Crippen LogP contribution in [0, 0.1) is 0 Å². The van der Waals surface area contributed by atoms with Crippen molar-refractivity contribution in [3.63, 3.8) is 0 Å². The summed E-state index contributed by atoms with van der Waals surface area (Å²) in [6.07, 6.45) is 0.574. The van der Waals surface area contributed by atoms with Crippen LogP contribution in [0.1, 0.15) is 6.92 Å². The highest BCUT2D eigenvalue weighted by Crippen LogP contribution is 1.80. The summed E-state index contributed by atoms with van der Waals surface area (Å²) in [6, 6.07) is 0. The van der Waals surface area contributed by atoms with Crippen molar-refractivity contribution in [2.24, 2.45) is 0 Å². The van der Waals surface area contributed by atoms with Gasteiger partial charge in [0, 0.05) is 13.1 Å². The molecule has 0 amide bonds. The van der Waals surface area contributed by atoms with Crippen LogP contribution in [0.5, 0.6) is 0 Å². The molecule has 0 aliphatic carbocycles. The van der Waals surface area contributed by atoms with Crippen LogP contribution in [-0.2, 0) is 0 Å². The highest BCUT2D eigenvalue weighted by atomic mass is 16.3. The van der Waals surface area contributed by atoms with Gasteiger partial charge in [0.2, 0.25) is 0 Å². The molecule has 0 saturated carbocycles. The second-order valence-corrected chi connectivity index (χ2v) is 2.31. The Kier molecular flexibility index (Phi) is 5.20. The lowest BCUT2D eigenvalue weighted by Gasteiger charge is -2.08. The van der Waals surface area contributed by atoms with Gasteiger partial charge in [0.25, 0.3) is 0 Å². The van der Waals surface area contributed by atoms with Crippen LogP contribution >= 0.6 is 0 Å². The highest BCUT2D eigenvalue weighted by molar-refractivity contribution is 4.79. The minimum absolute atomic E-state index is 0.364. The molecule has 3 nitrogen and oxygen atoms in total. The highest BCUT2D eigenvalue weighted by Gasteiger charge is 1.97. The number of hydrogen-bond acceptors (Lipinski definition) is 3. The number of aliphatic hydroxyl groups is 2. The molecule has 0 bridgehead atoms. The Morgan fingerprint density at radius 3 is 2.50 bits per heavy atom. The molecule has 0 heterocycles. The molecule has 0 fully saturated rings. The molecule has 0 rings (SSSR count). The number of aliphatic hydroxyl groups excluding tert-OH is 2. The predicted octanol–water partition coefficient (Wildman–Crippen LogP) is -0.496. The molecule has 0 radical (unpaired) electrons. The first-order chi connectivity index (χ1) is 4.66. The van der Waals surface area contributed by atoms with Gasteiger partial charge in [-0.2, -0.15) is 0 Å². The minimum Gasteiger partial charge on any atom is -0.392 e. The van der Waals surface area contributed by atoms with E-state index in [1.54, 1.807) is 6.92 Å². The van der Waals surface area contributed by atoms with Crippen molar-refractivity contribution >= 4 is 0 Å². The van der Waals surface area contributed by atoms with Crippen molar-refractivity contribution < 1.29 is 10.2 Å². The van der Waals surface area contributed by atoms with Crippen molar-refractivity contribution in [3.05, 3.63) is 12.7 Å². The van der Waals surface area contributed by atoms with Gasteiger partial charge in [-0.1, -0.05) is 6.08 Å². The maximum Gasteiger partial charge on any atom is 0.0842 e. The maximum absolute atomic E-state index is 8.91. The maximum atomic E-state index is 8.91. The molecule has 0 aromatic rings. The largest absolute Gasteiger partial charge is 0.392 e. The Morgan fingerprint density at radius 1 is 1.50 bits per heavy atom. The van der Waals surface area contributed by atoms with Crippen molar-refractivity contribution in [1.29, 1.82) is 0 Å². The fourth-order valence-electron chi connectivity index (χ4n) is 0.523. The van der Waals surface area contributed by atoms with E-state index in [0.29, 0.717) is 13.1 Å². The van der Waals surface area contributed by atoms with Crippen LogP contribution in [0.15, 0.2) is 12.7 Å². The van der Waals surface area contributed by atoms with E-state index >= 15 is 0 Å². The van der Waals surface area contributed by atoms with Crippen LogP contribution in [-0.4, -0.2) is 35.5 Å². The van der Waals surface area contributed by atoms with E-state index < -0.39 is 6.10 Å². The van der Waals surface area contributed by atoms with Crippen molar-refractivity contribution in [2.45, 2.75) is 19.1 Å². The summed E-state index contributed by atoms with van der Waals surface area (Å²) < 4.78 is 0. The lowest BCUT2D eigenvalue weighted by Crippen LogP contribution is -2.30. The molecular weight excluding hydrogens is 130 g/mol. The third-order valence-electron chi connectivity index (χ3n) is 1.07. The summed E-state index contributed by atoms with van der Waals surface area (Å²) in [7, 11) is 0. The molecule has 0 aromatic carbocycles. The van der Waals surface area contributed by atoms with Crippen molar-refractivity contribution in [2.75, 3.05) is 13.1 Å². The van der Waals surface area contributed by atoms with Crippen molar-refractivity contribution in [1.82, 2.24) is 5.32 Å². The summed E-state index contributed by atoms with van der Waals surface area (Å²) in [5.41, 5.74) is 0. The van der Waals surface area contributed by atoms with E-state index in [0.717, 1.165) is 0 Å². The van der Waals surface area contributed by atoms with Gasteiger partial charge in [0.05, 0.1) is 12.2 Å². The molecule has 0 aliphatic heterocycles. The second-order valence-electron chi connectivity index (χ2n) is 2.31. The normalized spacial score (nSPS) is 16.3. The summed E-state index contributed by atoms with van der Waals surface area (Å²) in [4.78, 5) is 0. The average Bonchev–Trinajstić information content (AvgIpc) is 1.87. The summed E-state index contributed by atoms with van der Waals surface area (Å²) in [5, 5.41) is 20.5. The van der Waals surface area contributed by atoms with Gasteiger partial charge in [-0.25, -0.2) is 0 Å². The average molecular weight is 145 g/mol. The van der Waals surface area contributed by atoms with Gasteiger partial charge < -0.3 is 15.5 Å². The third kappa shape index (κ3) is 5.75. The first-order valence-corrected chi connectivity index (χ1v) is 3.36. The van der Waals surface area contributed by atoms with E-state index in [2.05, 4.69) is 11.9 Å². The lowest BCUT2D eigenvalue weighted by atomic mass is 10.3. The second kappa shape index (κ2) is 5.41. The summed E-state index contributed by atoms with van der Waals surface area (Å²) in [6.45, 7) is 6.05. The van der Waals surface area contributed by atoms with E-state index in [1.807, 2.05) is 0 Å². The molecule has 0 aliphatic rings. The van der Waals surface area contributed by atoms with Crippen LogP contribution in [0.3, 0.4) is 0 Å². The quantitative estimate of drug-likeness (QED) is 0.457. The van der Waals surface area contributed by atoms with E-state index in [9.17, 15) is 0 Å². The minimum atomic E-state index is -0.515. The Balaban J connectivity index is 3.11. The first kappa shape index (κ1) is 9.62. The zero-order chi connectivity index (χ0) is 7.98. The third-order valence-corrected chi connectivity index (χ3v) is 1.07. The van der Waals surface area contributed by atoms with E-state index in [1.165, 1.54) is 6.08 Å². The molecule has 10 heavy (non-hydrogen) atoms. The molecule has 60 valence electrons. The molecule has 0 aromatic heterocycles. The smallest absolute Gasteiger partial charge is 0.0842 e. The number of rotatable bonds is 5. The van der Waals surface area contributed by atoms with E-state index in [4.69, 9.17) is 10.2 Å². The fourth-order valence-corrected chi connectivity index (χ4v) is 0.523. The van der Waals surface area contributed by atoms with Gasteiger partial charge in [0.1, 0.15) is 0 Å². The van der Waals surface area contributed by atoms with Gasteiger partial charge in [-0.3, -0.25) is 0 Å². The zero-order valence-corrected chi connectivity index (χ0v) is 6.25. The predicted molar refractivity (Wildman–Crippen MR) is 40.8 cm³/mol. The molecule has 3 N–H and O–H groups in total. The van der Waals surface area contributed by atoms with Crippen LogP contribution in [0.2, 0.25) is 0 Å². The van der Waals surface area contributed by atoms with Gasteiger partial charge in [0.15, 0.2) is 0 Å². The summed E-state index contributed by atoms with van der Waals surface area (Å²) >= 11 is 0. The molecular formula is C7H15NO2. The number of nitrogens with one attached hydrogen (secondary N) is 1. The fraction of sp³-hybridized carbons (Fsp3) is 0.714. The van der Waals surface area contributed by atoms with Gasteiger partial charge >= 0.3 is 0 Å². The SMILES string of the molecule is C=CC(O)CNCC(C)O. The monoisotopic (exact) mass is 145 g/mol. The lowest BCUT2D eigenvalue weighted by molar-refractivity contribution is 0.175. The van der Waals surface area contributed by atoms with Crippen molar-refractivity contribution in [3.8, 4) is 0 Å². The molecule has 0 saturated heterocycles. The zero-order valence-electron chi connectivity index (χ0n) is 6.25. The van der Waals surface area contributed by atoms with Gasteiger partial charge in [-0.05, 0) is 6.92 Å². The van der Waals surface area contributed by atoms with E-state index in [-0.39, 0.29) is 6.10 Å². The topological polar surface area (TPSA) is 52.5 Å². The molecule has 3 heteroatoms. The Labute approximate surface area is 61.4 Å². The molecule has 2 unspecified atom stereocenters. The van der Waals surface area contributed by atoms with Crippen LogP contribution < -0.4 is 5.32 Å². The number of hydrogen-bond donors (Lipinski definition) is 3. The van der Waals surface area contributed by atoms with Crippen LogP contribution in [0.4, 0.5) is 0 Å². The Morgan fingerprint density at radius 2 is 2.10 bits per heavy atom. The first-order valence-electron chi connectivity index (χ1n) is 3.36. The van der Waals surface area contributed by atoms with Gasteiger partial charge in [-0.15, -0.1) is 6.58 Å². The Hall–Kier alpha value is -0.380.